The molecule has 0 saturated carbocycles. The van der Waals surface area contributed by atoms with Crippen LogP contribution in [0.1, 0.15) is 18.4 Å². The van der Waals surface area contributed by atoms with Gasteiger partial charge < -0.3 is 21.7 Å². The zero-order chi connectivity index (χ0) is 20.7. The number of likely N-dealkylation sites (N-methyl/N-ethyl adjacent to an activating group) is 1. The normalized spacial score (nSPS) is 20.8. The number of hydrazone groups is 1. The van der Waals surface area contributed by atoms with Crippen molar-refractivity contribution in [2.45, 2.75) is 18.9 Å². The minimum atomic E-state index is -0.635. The molecular formula is C21H24FN7. The number of nitrogens with zero attached hydrogens (tertiary/aromatic N) is 4. The van der Waals surface area contributed by atoms with Gasteiger partial charge in [-0.15, -0.1) is 0 Å². The molecule has 0 spiro atoms. The Morgan fingerprint density at radius 2 is 2.21 bits per heavy atom. The summed E-state index contributed by atoms with van der Waals surface area (Å²) in [5, 5.41) is 9.88. The smallest absolute Gasteiger partial charge is 0.166 e. The molecule has 1 aromatic rings. The van der Waals surface area contributed by atoms with Crippen molar-refractivity contribution < 1.29 is 4.39 Å². The topological polar surface area (TPSA) is 95.8 Å². The van der Waals surface area contributed by atoms with E-state index in [2.05, 4.69) is 34.4 Å². The number of nitrogen functional groups attached to an aromatic ring is 1. The minimum absolute atomic E-state index is 0.0177. The van der Waals surface area contributed by atoms with Crippen LogP contribution < -0.4 is 16.8 Å². The molecule has 1 atom stereocenters. The Kier molecular flexibility index (Phi) is 4.62. The van der Waals surface area contributed by atoms with E-state index in [-0.39, 0.29) is 17.6 Å². The van der Waals surface area contributed by atoms with Crippen molar-refractivity contribution in [3.63, 3.8) is 0 Å². The number of amidine groups is 1. The quantitative estimate of drug-likeness (QED) is 0.731. The second-order valence-corrected chi connectivity index (χ2v) is 7.27. The molecule has 29 heavy (non-hydrogen) atoms. The molecule has 5 N–H and O–H groups in total. The summed E-state index contributed by atoms with van der Waals surface area (Å²) in [6, 6.07) is 1.25. The molecule has 150 valence electrons. The predicted octanol–water partition coefficient (Wildman–Crippen LogP) is 2.76. The van der Waals surface area contributed by atoms with Gasteiger partial charge in [-0.05, 0) is 31.1 Å². The van der Waals surface area contributed by atoms with Crippen LogP contribution in [0.5, 0.6) is 0 Å². The summed E-state index contributed by atoms with van der Waals surface area (Å²) in [7, 11) is 1.95. The van der Waals surface area contributed by atoms with Crippen LogP contribution in [0, 0.1) is 5.82 Å². The van der Waals surface area contributed by atoms with E-state index in [1.807, 2.05) is 30.3 Å². The van der Waals surface area contributed by atoms with Crippen molar-refractivity contribution in [3.05, 3.63) is 71.9 Å². The van der Waals surface area contributed by atoms with Crippen LogP contribution in [0.4, 0.5) is 16.0 Å². The van der Waals surface area contributed by atoms with E-state index in [9.17, 15) is 4.39 Å². The summed E-state index contributed by atoms with van der Waals surface area (Å²) in [6.45, 7) is 8.78. The molecule has 1 aliphatic carbocycles. The highest BCUT2D eigenvalue weighted by atomic mass is 19.1. The van der Waals surface area contributed by atoms with Crippen molar-refractivity contribution in [3.8, 4) is 0 Å². The van der Waals surface area contributed by atoms with Gasteiger partial charge in [0.1, 0.15) is 5.82 Å². The van der Waals surface area contributed by atoms with Crippen LogP contribution in [0.15, 0.2) is 65.6 Å². The molecule has 4 rings (SSSR count). The number of pyridine rings is 1. The highest BCUT2D eigenvalue weighted by Crippen LogP contribution is 2.32. The number of rotatable bonds is 3. The minimum Gasteiger partial charge on any atom is -0.399 e. The molecule has 8 heteroatoms. The molecule has 2 aliphatic heterocycles. The Morgan fingerprint density at radius 1 is 1.41 bits per heavy atom. The summed E-state index contributed by atoms with van der Waals surface area (Å²) in [4.78, 5) is 6.29. The van der Waals surface area contributed by atoms with Crippen molar-refractivity contribution >= 4 is 23.2 Å². The maximum absolute atomic E-state index is 13.9. The lowest BCUT2D eigenvalue weighted by atomic mass is 10.1. The first-order valence-electron chi connectivity index (χ1n) is 9.40. The zero-order valence-corrected chi connectivity index (χ0v) is 16.3. The van der Waals surface area contributed by atoms with Gasteiger partial charge in [-0.1, -0.05) is 25.3 Å². The summed E-state index contributed by atoms with van der Waals surface area (Å²) in [5.74, 6) is 0.407. The van der Waals surface area contributed by atoms with Gasteiger partial charge in [0.15, 0.2) is 17.5 Å². The fourth-order valence-corrected chi connectivity index (χ4v) is 3.72. The van der Waals surface area contributed by atoms with Crippen molar-refractivity contribution in [1.29, 1.82) is 0 Å². The van der Waals surface area contributed by atoms with Gasteiger partial charge in [-0.3, -0.25) is 5.01 Å². The fraction of sp³-hybridized carbons (Fsp3) is 0.238. The van der Waals surface area contributed by atoms with Crippen LogP contribution in [0.3, 0.4) is 0 Å². The second-order valence-electron chi connectivity index (χ2n) is 7.27. The van der Waals surface area contributed by atoms with Gasteiger partial charge in [0.05, 0.1) is 6.04 Å². The molecule has 3 aliphatic rings. The molecule has 0 amide bonds. The summed E-state index contributed by atoms with van der Waals surface area (Å²) in [6.07, 6.45) is 10.00. The van der Waals surface area contributed by atoms with Gasteiger partial charge in [0, 0.05) is 41.8 Å². The standard InChI is InChI=1S/C21H24FN7/c1-12-6-5-9-29(12)21-16-10-14(7-4-8-18(16)28(3)27-21)25-20-15(13(2)23)11-17(22)19(24)26-20/h4,7-8,10-11,18H,1-2,5-6,9,23H2,3H3,(H3,24,25,26). The van der Waals surface area contributed by atoms with Crippen LogP contribution in [-0.2, 0) is 0 Å². The molecule has 3 heterocycles. The molecule has 7 nitrogen and oxygen atoms in total. The molecule has 1 fully saturated rings. The fourth-order valence-electron chi connectivity index (χ4n) is 3.72. The number of halogens is 1. The molecule has 1 saturated heterocycles. The van der Waals surface area contributed by atoms with E-state index in [0.29, 0.717) is 11.4 Å². The Balaban J connectivity index is 1.70. The zero-order valence-electron chi connectivity index (χ0n) is 16.3. The monoisotopic (exact) mass is 393 g/mol. The average molecular weight is 393 g/mol. The largest absolute Gasteiger partial charge is 0.399 e. The van der Waals surface area contributed by atoms with Gasteiger partial charge in [-0.25, -0.2) is 9.37 Å². The molecule has 1 unspecified atom stereocenters. The average Bonchev–Trinajstić information content (AvgIpc) is 3.13. The SMILES string of the molecule is C=C(N)c1cc(F)c(N)nc1NC1=CC=CC2C(=C1)C(N1CCCC1=C)=NN2C. The van der Waals surface area contributed by atoms with Crippen LogP contribution in [0.25, 0.3) is 5.70 Å². The lowest BCUT2D eigenvalue weighted by Crippen LogP contribution is -2.29. The van der Waals surface area contributed by atoms with Crippen LogP contribution in [-0.4, -0.2) is 40.4 Å². The third-order valence-corrected chi connectivity index (χ3v) is 5.21. The van der Waals surface area contributed by atoms with Gasteiger partial charge in [0.25, 0.3) is 0 Å². The summed E-state index contributed by atoms with van der Waals surface area (Å²) in [5.41, 5.74) is 14.9. The maximum Gasteiger partial charge on any atom is 0.166 e. The number of fused-ring (bicyclic) bond motifs is 1. The van der Waals surface area contributed by atoms with Gasteiger partial charge in [0.2, 0.25) is 0 Å². The van der Waals surface area contributed by atoms with Crippen molar-refractivity contribution in [2.24, 2.45) is 10.8 Å². The Labute approximate surface area is 169 Å². The molecule has 0 radical (unpaired) electrons. The lowest BCUT2D eigenvalue weighted by molar-refractivity contribution is 0.350. The first kappa shape index (κ1) is 18.8. The molecular weight excluding hydrogens is 369 g/mol. The van der Waals surface area contributed by atoms with E-state index in [4.69, 9.17) is 16.6 Å². The Bertz CT molecular complexity index is 1020. The van der Waals surface area contributed by atoms with E-state index < -0.39 is 5.82 Å². The second kappa shape index (κ2) is 7.12. The number of aromatic nitrogens is 1. The first-order valence-corrected chi connectivity index (χ1v) is 9.40. The lowest BCUT2D eigenvalue weighted by Gasteiger charge is -2.21. The first-order chi connectivity index (χ1) is 13.8. The third-order valence-electron chi connectivity index (χ3n) is 5.21. The highest BCUT2D eigenvalue weighted by Gasteiger charge is 2.34. The van der Waals surface area contributed by atoms with E-state index in [1.165, 1.54) is 6.07 Å². The number of allylic oxidation sites excluding steroid dienone is 4. The number of likely N-dealkylation sites (tertiary alicyclic amines) is 1. The van der Waals surface area contributed by atoms with Gasteiger partial charge >= 0.3 is 0 Å². The number of hydrogen-bond donors (Lipinski definition) is 3. The number of hydrogen-bond acceptors (Lipinski definition) is 7. The van der Waals surface area contributed by atoms with Crippen molar-refractivity contribution in [1.82, 2.24) is 14.9 Å². The molecule has 0 aromatic carbocycles. The van der Waals surface area contributed by atoms with Crippen LogP contribution in [0.2, 0.25) is 0 Å². The number of anilines is 2. The van der Waals surface area contributed by atoms with Gasteiger partial charge in [-0.2, -0.15) is 5.10 Å². The summed E-state index contributed by atoms with van der Waals surface area (Å²) < 4.78 is 13.9. The van der Waals surface area contributed by atoms with E-state index in [0.717, 1.165) is 42.2 Å². The third kappa shape index (κ3) is 3.37. The highest BCUT2D eigenvalue weighted by molar-refractivity contribution is 6.03. The summed E-state index contributed by atoms with van der Waals surface area (Å²) >= 11 is 0. The number of nitrogens with two attached hydrogens (primary N) is 2. The molecule has 1 aromatic heterocycles. The number of nitrogens with one attached hydrogen (secondary N) is 1. The Hall–Kier alpha value is -3.55. The van der Waals surface area contributed by atoms with E-state index in [1.54, 1.807) is 0 Å². The van der Waals surface area contributed by atoms with Crippen LogP contribution >= 0.6 is 0 Å². The van der Waals surface area contributed by atoms with E-state index >= 15 is 0 Å². The molecule has 0 bridgehead atoms. The maximum atomic E-state index is 13.9. The van der Waals surface area contributed by atoms with Crippen molar-refractivity contribution in [2.75, 3.05) is 24.6 Å². The Morgan fingerprint density at radius 3 is 2.90 bits per heavy atom. The predicted molar refractivity (Wildman–Crippen MR) is 115 cm³/mol.